The summed E-state index contributed by atoms with van der Waals surface area (Å²) in [5, 5.41) is 14.8. The second kappa shape index (κ2) is 5.29. The van der Waals surface area contributed by atoms with E-state index in [2.05, 4.69) is 16.8 Å². The minimum absolute atomic E-state index is 0.0245. The Kier molecular flexibility index (Phi) is 3.49. The number of phenols is 1. The Bertz CT molecular complexity index is 648. The molecule has 1 aliphatic carbocycles. The maximum atomic E-state index is 12.4. The summed E-state index contributed by atoms with van der Waals surface area (Å²) in [6.07, 6.45) is 3.00. The predicted molar refractivity (Wildman–Crippen MR) is 81.5 cm³/mol. The van der Waals surface area contributed by atoms with Crippen molar-refractivity contribution in [3.63, 3.8) is 0 Å². The SMILES string of the molecule is Cc1ccc(NC(=O)C2CCCc3sccc32)c(O)c1. The van der Waals surface area contributed by atoms with Gasteiger partial charge in [0.15, 0.2) is 0 Å². The molecule has 1 aromatic carbocycles. The Morgan fingerprint density at radius 3 is 3.05 bits per heavy atom. The molecule has 0 saturated heterocycles. The monoisotopic (exact) mass is 287 g/mol. The molecule has 0 radical (unpaired) electrons. The second-order valence-electron chi connectivity index (χ2n) is 5.25. The number of thiophene rings is 1. The molecule has 1 heterocycles. The van der Waals surface area contributed by atoms with Crippen molar-refractivity contribution < 1.29 is 9.90 Å². The lowest BCUT2D eigenvalue weighted by Gasteiger charge is -2.22. The number of aromatic hydroxyl groups is 1. The van der Waals surface area contributed by atoms with Gasteiger partial charge in [-0.2, -0.15) is 0 Å². The molecule has 3 nitrogen and oxygen atoms in total. The van der Waals surface area contributed by atoms with E-state index in [-0.39, 0.29) is 17.6 Å². The van der Waals surface area contributed by atoms with E-state index in [9.17, 15) is 9.90 Å². The van der Waals surface area contributed by atoms with Crippen molar-refractivity contribution in [1.29, 1.82) is 0 Å². The van der Waals surface area contributed by atoms with E-state index in [0.717, 1.165) is 30.4 Å². The average Bonchev–Trinajstić information content (AvgIpc) is 2.90. The predicted octanol–water partition coefficient (Wildman–Crippen LogP) is 3.82. The van der Waals surface area contributed by atoms with Crippen LogP contribution in [0.5, 0.6) is 5.75 Å². The number of hydrogen-bond acceptors (Lipinski definition) is 3. The van der Waals surface area contributed by atoms with Crippen LogP contribution in [0.4, 0.5) is 5.69 Å². The van der Waals surface area contributed by atoms with Gasteiger partial charge in [-0.1, -0.05) is 6.07 Å². The Labute approximate surface area is 122 Å². The van der Waals surface area contributed by atoms with E-state index >= 15 is 0 Å². The summed E-state index contributed by atoms with van der Waals surface area (Å²) < 4.78 is 0. The maximum absolute atomic E-state index is 12.4. The fourth-order valence-corrected chi connectivity index (χ4v) is 3.71. The van der Waals surface area contributed by atoms with Crippen molar-refractivity contribution >= 4 is 22.9 Å². The van der Waals surface area contributed by atoms with Crippen LogP contribution in [0.15, 0.2) is 29.6 Å². The summed E-state index contributed by atoms with van der Waals surface area (Å²) >= 11 is 1.73. The molecule has 1 unspecified atom stereocenters. The number of rotatable bonds is 2. The molecule has 2 aromatic rings. The van der Waals surface area contributed by atoms with Crippen LogP contribution < -0.4 is 5.32 Å². The average molecular weight is 287 g/mol. The molecule has 1 atom stereocenters. The quantitative estimate of drug-likeness (QED) is 0.825. The van der Waals surface area contributed by atoms with Gasteiger partial charge in [0.2, 0.25) is 5.91 Å². The first-order valence-corrected chi connectivity index (χ1v) is 7.70. The van der Waals surface area contributed by atoms with Crippen molar-refractivity contribution in [2.24, 2.45) is 0 Å². The number of amides is 1. The van der Waals surface area contributed by atoms with Gasteiger partial charge >= 0.3 is 0 Å². The molecule has 0 bridgehead atoms. The first-order valence-electron chi connectivity index (χ1n) is 6.82. The van der Waals surface area contributed by atoms with Gasteiger partial charge in [0.25, 0.3) is 0 Å². The molecule has 0 fully saturated rings. The van der Waals surface area contributed by atoms with E-state index in [1.54, 1.807) is 23.5 Å². The van der Waals surface area contributed by atoms with Crippen molar-refractivity contribution in [1.82, 2.24) is 0 Å². The lowest BCUT2D eigenvalue weighted by molar-refractivity contribution is -0.117. The molecule has 1 aliphatic rings. The van der Waals surface area contributed by atoms with Gasteiger partial charge in [-0.05, 0) is 60.9 Å². The van der Waals surface area contributed by atoms with Gasteiger partial charge < -0.3 is 10.4 Å². The summed E-state index contributed by atoms with van der Waals surface area (Å²) in [4.78, 5) is 13.8. The molecule has 0 spiro atoms. The van der Waals surface area contributed by atoms with Crippen LogP contribution >= 0.6 is 11.3 Å². The van der Waals surface area contributed by atoms with Gasteiger partial charge in [-0.3, -0.25) is 4.79 Å². The Hall–Kier alpha value is -1.81. The number of anilines is 1. The first kappa shape index (κ1) is 13.2. The molecule has 1 aromatic heterocycles. The van der Waals surface area contributed by atoms with E-state index in [4.69, 9.17) is 0 Å². The molecule has 1 amide bonds. The number of carbonyl (C=O) groups excluding carboxylic acids is 1. The molecule has 4 heteroatoms. The maximum Gasteiger partial charge on any atom is 0.232 e. The van der Waals surface area contributed by atoms with Crippen LogP contribution in [0.25, 0.3) is 0 Å². The fraction of sp³-hybridized carbons (Fsp3) is 0.312. The number of hydrogen-bond donors (Lipinski definition) is 2. The number of fused-ring (bicyclic) bond motifs is 1. The third kappa shape index (κ3) is 2.43. The standard InChI is InChI=1S/C16H17NO2S/c1-10-5-6-13(14(18)9-10)17-16(19)12-3-2-4-15-11(12)7-8-20-15/h5-9,12,18H,2-4H2,1H3,(H,17,19). The Morgan fingerprint density at radius 2 is 2.25 bits per heavy atom. The zero-order valence-corrected chi connectivity index (χ0v) is 12.2. The minimum atomic E-state index is -0.0919. The van der Waals surface area contributed by atoms with E-state index < -0.39 is 0 Å². The van der Waals surface area contributed by atoms with Crippen LogP contribution in [-0.2, 0) is 11.2 Å². The number of nitrogens with one attached hydrogen (secondary N) is 1. The van der Waals surface area contributed by atoms with E-state index in [1.807, 2.05) is 13.0 Å². The minimum Gasteiger partial charge on any atom is -0.506 e. The zero-order chi connectivity index (χ0) is 14.1. The molecule has 0 saturated carbocycles. The second-order valence-corrected chi connectivity index (χ2v) is 6.25. The number of phenolic OH excluding ortho intramolecular Hbond substituents is 1. The fourth-order valence-electron chi connectivity index (χ4n) is 2.73. The molecular weight excluding hydrogens is 270 g/mol. The van der Waals surface area contributed by atoms with Crippen LogP contribution in [-0.4, -0.2) is 11.0 Å². The highest BCUT2D eigenvalue weighted by Crippen LogP contribution is 2.36. The summed E-state index contributed by atoms with van der Waals surface area (Å²) in [6, 6.07) is 7.34. The smallest absolute Gasteiger partial charge is 0.232 e. The van der Waals surface area contributed by atoms with E-state index in [1.165, 1.54) is 4.88 Å². The van der Waals surface area contributed by atoms with Gasteiger partial charge in [0.1, 0.15) is 5.75 Å². The van der Waals surface area contributed by atoms with Gasteiger partial charge in [-0.25, -0.2) is 0 Å². The van der Waals surface area contributed by atoms with Crippen molar-refractivity contribution in [3.05, 3.63) is 45.6 Å². The molecule has 104 valence electrons. The third-order valence-corrected chi connectivity index (χ3v) is 4.78. The molecule has 3 rings (SSSR count). The highest BCUT2D eigenvalue weighted by molar-refractivity contribution is 7.10. The zero-order valence-electron chi connectivity index (χ0n) is 11.3. The summed E-state index contributed by atoms with van der Waals surface area (Å²) in [5.41, 5.74) is 2.62. The molecular formula is C16H17NO2S. The highest BCUT2D eigenvalue weighted by Gasteiger charge is 2.27. The topological polar surface area (TPSA) is 49.3 Å². The van der Waals surface area contributed by atoms with Crippen LogP contribution in [0.1, 0.15) is 34.8 Å². The van der Waals surface area contributed by atoms with Crippen LogP contribution in [0, 0.1) is 6.92 Å². The number of benzene rings is 1. The number of aryl methyl sites for hydroxylation is 2. The Morgan fingerprint density at radius 1 is 1.40 bits per heavy atom. The Balaban J connectivity index is 1.81. The van der Waals surface area contributed by atoms with E-state index in [0.29, 0.717) is 5.69 Å². The van der Waals surface area contributed by atoms with Gasteiger partial charge in [0.05, 0.1) is 11.6 Å². The number of carbonyl (C=O) groups is 1. The van der Waals surface area contributed by atoms with Gasteiger partial charge in [0, 0.05) is 4.88 Å². The van der Waals surface area contributed by atoms with Gasteiger partial charge in [-0.15, -0.1) is 11.3 Å². The summed E-state index contributed by atoms with van der Waals surface area (Å²) in [6.45, 7) is 1.91. The lowest BCUT2D eigenvalue weighted by Crippen LogP contribution is -2.23. The largest absolute Gasteiger partial charge is 0.506 e. The van der Waals surface area contributed by atoms with Crippen molar-refractivity contribution in [2.45, 2.75) is 32.1 Å². The van der Waals surface area contributed by atoms with Crippen LogP contribution in [0.3, 0.4) is 0 Å². The molecule has 0 aliphatic heterocycles. The molecule has 2 N–H and O–H groups in total. The van der Waals surface area contributed by atoms with Crippen molar-refractivity contribution in [2.75, 3.05) is 5.32 Å². The molecule has 20 heavy (non-hydrogen) atoms. The summed E-state index contributed by atoms with van der Waals surface area (Å²) in [5.74, 6) is 0.00825. The first-order chi connectivity index (χ1) is 9.65. The summed E-state index contributed by atoms with van der Waals surface area (Å²) in [7, 11) is 0. The third-order valence-electron chi connectivity index (χ3n) is 3.78. The highest BCUT2D eigenvalue weighted by atomic mass is 32.1. The van der Waals surface area contributed by atoms with Crippen molar-refractivity contribution in [3.8, 4) is 5.75 Å². The normalized spacial score (nSPS) is 17.6. The van der Waals surface area contributed by atoms with Crippen LogP contribution in [0.2, 0.25) is 0 Å². The lowest BCUT2D eigenvalue weighted by atomic mass is 9.87.